The van der Waals surface area contributed by atoms with Crippen molar-refractivity contribution in [3.05, 3.63) is 86.3 Å². The molecule has 146 valence electrons. The molecule has 1 heterocycles. The quantitative estimate of drug-likeness (QED) is 0.453. The van der Waals surface area contributed by atoms with Gasteiger partial charge < -0.3 is 4.74 Å². The molecule has 0 radical (unpaired) electrons. The Balaban J connectivity index is 1.85. The molecule has 0 amide bonds. The van der Waals surface area contributed by atoms with Crippen LogP contribution < -0.4 is 10.3 Å². The summed E-state index contributed by atoms with van der Waals surface area (Å²) >= 11 is 1.60. The van der Waals surface area contributed by atoms with Gasteiger partial charge in [-0.05, 0) is 49.6 Å². The molecule has 3 aromatic rings. The first-order valence-electron chi connectivity index (χ1n) is 9.27. The van der Waals surface area contributed by atoms with Crippen molar-refractivity contribution >= 4 is 11.8 Å². The number of methoxy groups -OCH3 is 1. The van der Waals surface area contributed by atoms with E-state index in [0.717, 1.165) is 33.5 Å². The molecule has 0 saturated carbocycles. The monoisotopic (exact) mass is 394 g/mol. The fourth-order valence-electron chi connectivity index (χ4n) is 3.15. The molecular weight excluding hydrogens is 368 g/mol. The summed E-state index contributed by atoms with van der Waals surface area (Å²) in [5.41, 5.74) is 6.34. The lowest BCUT2D eigenvalue weighted by Crippen LogP contribution is -2.25. The molecule has 4 nitrogen and oxygen atoms in total. The van der Waals surface area contributed by atoms with Crippen LogP contribution in [0.25, 0.3) is 0 Å². The molecular formula is C23H26N2O2S. The smallest absolute Gasteiger partial charge is 0.257 e. The largest absolute Gasteiger partial charge is 0.497 e. The van der Waals surface area contributed by atoms with Gasteiger partial charge in [-0.25, -0.2) is 4.98 Å². The van der Waals surface area contributed by atoms with Crippen LogP contribution in [0.4, 0.5) is 0 Å². The molecule has 0 aliphatic rings. The summed E-state index contributed by atoms with van der Waals surface area (Å²) in [7, 11) is 3.45. The Bertz CT molecular complexity index is 1060. The summed E-state index contributed by atoms with van der Waals surface area (Å²) in [5, 5.41) is 0.748. The van der Waals surface area contributed by atoms with Crippen molar-refractivity contribution in [3.8, 4) is 5.75 Å². The minimum atomic E-state index is 0.0128. The van der Waals surface area contributed by atoms with Crippen LogP contribution in [0.3, 0.4) is 0 Å². The third-order valence-electron chi connectivity index (χ3n) is 4.93. The number of thioether (sulfide) groups is 1. The van der Waals surface area contributed by atoms with E-state index in [1.807, 2.05) is 31.2 Å². The zero-order valence-corrected chi connectivity index (χ0v) is 17.9. The maximum Gasteiger partial charge on any atom is 0.257 e. The van der Waals surface area contributed by atoms with Gasteiger partial charge in [0, 0.05) is 30.5 Å². The lowest BCUT2D eigenvalue weighted by Gasteiger charge is -2.13. The second-order valence-corrected chi connectivity index (χ2v) is 8.01. The third-order valence-corrected chi connectivity index (χ3v) is 6.00. The van der Waals surface area contributed by atoms with Crippen LogP contribution in [0.15, 0.2) is 52.4 Å². The summed E-state index contributed by atoms with van der Waals surface area (Å²) in [6.45, 7) is 6.13. The number of rotatable bonds is 6. The maximum absolute atomic E-state index is 13.0. The van der Waals surface area contributed by atoms with Crippen LogP contribution >= 0.6 is 11.8 Å². The average Bonchev–Trinajstić information content (AvgIpc) is 2.69. The minimum absolute atomic E-state index is 0.0128. The molecule has 0 aliphatic heterocycles. The molecule has 0 bridgehead atoms. The van der Waals surface area contributed by atoms with Gasteiger partial charge in [0.25, 0.3) is 5.56 Å². The van der Waals surface area contributed by atoms with Gasteiger partial charge >= 0.3 is 0 Å². The first-order chi connectivity index (χ1) is 13.4. The van der Waals surface area contributed by atoms with E-state index in [4.69, 9.17) is 9.72 Å². The summed E-state index contributed by atoms with van der Waals surface area (Å²) in [6, 6.07) is 14.3. The van der Waals surface area contributed by atoms with Crippen LogP contribution in [-0.4, -0.2) is 16.7 Å². The lowest BCUT2D eigenvalue weighted by molar-refractivity contribution is 0.414. The van der Waals surface area contributed by atoms with Gasteiger partial charge in [0.15, 0.2) is 5.16 Å². The van der Waals surface area contributed by atoms with E-state index in [0.29, 0.717) is 6.42 Å². The summed E-state index contributed by atoms with van der Waals surface area (Å²) in [4.78, 5) is 17.7. The van der Waals surface area contributed by atoms with Crippen LogP contribution in [0.5, 0.6) is 5.75 Å². The fraction of sp³-hybridized carbons (Fsp3) is 0.304. The summed E-state index contributed by atoms with van der Waals surface area (Å²) in [6.07, 6.45) is 0.546. The highest BCUT2D eigenvalue weighted by Crippen LogP contribution is 2.24. The Labute approximate surface area is 170 Å². The zero-order valence-electron chi connectivity index (χ0n) is 17.1. The molecule has 0 saturated heterocycles. The van der Waals surface area contributed by atoms with Crippen LogP contribution in [-0.2, 0) is 19.2 Å². The van der Waals surface area contributed by atoms with Gasteiger partial charge in [0.2, 0.25) is 0 Å². The summed E-state index contributed by atoms with van der Waals surface area (Å²) < 4.78 is 6.95. The number of aromatic nitrogens is 2. The van der Waals surface area contributed by atoms with E-state index >= 15 is 0 Å². The second kappa shape index (κ2) is 8.65. The predicted molar refractivity (Wildman–Crippen MR) is 115 cm³/mol. The van der Waals surface area contributed by atoms with Crippen molar-refractivity contribution in [2.24, 2.45) is 7.05 Å². The van der Waals surface area contributed by atoms with Crippen LogP contribution in [0.1, 0.15) is 33.5 Å². The number of hydrogen-bond donors (Lipinski definition) is 0. The molecule has 3 rings (SSSR count). The van der Waals surface area contributed by atoms with Crippen molar-refractivity contribution in [1.29, 1.82) is 0 Å². The van der Waals surface area contributed by atoms with E-state index < -0.39 is 0 Å². The van der Waals surface area contributed by atoms with Crippen molar-refractivity contribution < 1.29 is 4.74 Å². The minimum Gasteiger partial charge on any atom is -0.497 e. The highest BCUT2D eigenvalue weighted by Gasteiger charge is 2.14. The first kappa shape index (κ1) is 20.2. The van der Waals surface area contributed by atoms with Gasteiger partial charge in [0.1, 0.15) is 5.75 Å². The van der Waals surface area contributed by atoms with Gasteiger partial charge in [-0.1, -0.05) is 47.7 Å². The van der Waals surface area contributed by atoms with Crippen molar-refractivity contribution in [2.75, 3.05) is 7.11 Å². The molecule has 0 unspecified atom stereocenters. The standard InChI is InChI=1S/C23H26N2O2S/c1-15-9-10-16(2)19(11-15)14-28-23-24-17(3)21(22(26)25(23)4)13-18-7-6-8-20(12-18)27-5/h6-12H,13-14H2,1-5H3. The predicted octanol–water partition coefficient (Wildman–Crippen LogP) is 4.60. The van der Waals surface area contributed by atoms with E-state index in [-0.39, 0.29) is 5.56 Å². The Morgan fingerprint density at radius 1 is 1.11 bits per heavy atom. The molecule has 2 aromatic carbocycles. The Kier molecular flexibility index (Phi) is 6.25. The average molecular weight is 395 g/mol. The van der Waals surface area contributed by atoms with Crippen molar-refractivity contribution in [3.63, 3.8) is 0 Å². The molecule has 0 spiro atoms. The van der Waals surface area contributed by atoms with Gasteiger partial charge in [-0.15, -0.1) is 0 Å². The molecule has 28 heavy (non-hydrogen) atoms. The Morgan fingerprint density at radius 3 is 2.64 bits per heavy atom. The van der Waals surface area contributed by atoms with E-state index in [9.17, 15) is 4.79 Å². The van der Waals surface area contributed by atoms with E-state index in [1.54, 1.807) is 30.5 Å². The molecule has 0 atom stereocenters. The van der Waals surface area contributed by atoms with E-state index in [2.05, 4.69) is 32.0 Å². The SMILES string of the molecule is COc1cccc(Cc2c(C)nc(SCc3cc(C)ccc3C)n(C)c2=O)c1. The number of aryl methyl sites for hydroxylation is 3. The molecule has 5 heteroatoms. The van der Waals surface area contributed by atoms with Gasteiger partial charge in [-0.3, -0.25) is 9.36 Å². The molecule has 0 N–H and O–H groups in total. The second-order valence-electron chi connectivity index (χ2n) is 7.07. The topological polar surface area (TPSA) is 44.1 Å². The molecule has 0 fully saturated rings. The number of ether oxygens (including phenoxy) is 1. The fourth-order valence-corrected chi connectivity index (χ4v) is 4.22. The van der Waals surface area contributed by atoms with E-state index in [1.165, 1.54) is 16.7 Å². The van der Waals surface area contributed by atoms with Gasteiger partial charge in [0.05, 0.1) is 7.11 Å². The molecule has 1 aromatic heterocycles. The van der Waals surface area contributed by atoms with Crippen LogP contribution in [0, 0.1) is 20.8 Å². The highest BCUT2D eigenvalue weighted by atomic mass is 32.2. The zero-order chi connectivity index (χ0) is 20.3. The normalized spacial score (nSPS) is 10.9. The maximum atomic E-state index is 13.0. The third kappa shape index (κ3) is 4.47. The lowest BCUT2D eigenvalue weighted by atomic mass is 10.0. The summed E-state index contributed by atoms with van der Waals surface area (Å²) in [5.74, 6) is 1.59. The number of benzene rings is 2. The Hall–Kier alpha value is -2.53. The van der Waals surface area contributed by atoms with Gasteiger partial charge in [-0.2, -0.15) is 0 Å². The van der Waals surface area contributed by atoms with Crippen molar-refractivity contribution in [2.45, 2.75) is 38.1 Å². The number of hydrogen-bond acceptors (Lipinski definition) is 4. The first-order valence-corrected chi connectivity index (χ1v) is 10.3. The highest BCUT2D eigenvalue weighted by molar-refractivity contribution is 7.98. The van der Waals surface area contributed by atoms with Crippen molar-refractivity contribution in [1.82, 2.24) is 9.55 Å². The number of nitrogens with zero attached hydrogens (tertiary/aromatic N) is 2. The Morgan fingerprint density at radius 2 is 1.89 bits per heavy atom. The van der Waals surface area contributed by atoms with Crippen LogP contribution in [0.2, 0.25) is 0 Å². The molecule has 0 aliphatic carbocycles.